The molecule has 0 bridgehead atoms. The fraction of sp³-hybridized carbons (Fsp3) is 0.360. The lowest BCUT2D eigenvalue weighted by molar-refractivity contribution is -0.702. The lowest BCUT2D eigenvalue weighted by Crippen LogP contribution is -2.48. The number of alkyl halides is 3. The number of nitrogens with zero attached hydrogens (tertiary/aromatic N) is 5. The van der Waals surface area contributed by atoms with Crippen molar-refractivity contribution in [1.82, 2.24) is 19.4 Å². The van der Waals surface area contributed by atoms with E-state index in [1.807, 2.05) is 44.9 Å². The number of aromatic amines is 1. The molecule has 4 aromatic rings. The Bertz CT molecular complexity index is 1680. The largest absolute Gasteiger partial charge is 0.434 e. The van der Waals surface area contributed by atoms with Gasteiger partial charge in [-0.3, -0.25) is 9.45 Å². The van der Waals surface area contributed by atoms with E-state index in [9.17, 15) is 31.2 Å². The van der Waals surface area contributed by atoms with Gasteiger partial charge in [-0.1, -0.05) is 23.2 Å². The molecule has 16 heteroatoms. The van der Waals surface area contributed by atoms with Crippen LogP contribution in [0.5, 0.6) is 0 Å². The van der Waals surface area contributed by atoms with E-state index in [2.05, 4.69) is 9.97 Å². The number of benzene rings is 1. The molecular weight excluding hydrogens is 608 g/mol. The maximum absolute atomic E-state index is 13.4. The highest BCUT2D eigenvalue weighted by atomic mass is 35.5. The van der Waals surface area contributed by atoms with Crippen molar-refractivity contribution in [2.24, 2.45) is 0 Å². The summed E-state index contributed by atoms with van der Waals surface area (Å²) in [4.78, 5) is 8.88. The summed E-state index contributed by atoms with van der Waals surface area (Å²) in [5.74, 6) is -0.603. The molecule has 220 valence electrons. The third-order valence-corrected chi connectivity index (χ3v) is 8.50. The van der Waals surface area contributed by atoms with Crippen LogP contribution in [0.15, 0.2) is 49.1 Å². The maximum Gasteiger partial charge on any atom is 0.434 e. The lowest BCUT2D eigenvalue weighted by atomic mass is 9.97. The number of anilines is 1. The maximum atomic E-state index is 13.4. The number of halogens is 5. The fourth-order valence-electron chi connectivity index (χ4n) is 5.19. The smallest absolute Gasteiger partial charge is 0.392 e. The van der Waals surface area contributed by atoms with Crippen LogP contribution < -0.4 is 8.87 Å². The predicted molar refractivity (Wildman–Crippen MR) is 146 cm³/mol. The first-order valence-corrected chi connectivity index (χ1v) is 14.7. The molecule has 0 saturated heterocycles. The number of nitrogens with one attached hydrogen (secondary N) is 1. The van der Waals surface area contributed by atoms with Crippen LogP contribution in [-0.4, -0.2) is 63.8 Å². The van der Waals surface area contributed by atoms with Crippen LogP contribution in [0.25, 0.3) is 10.9 Å². The highest BCUT2D eigenvalue weighted by molar-refractivity contribution is 7.87. The molecule has 0 fully saturated rings. The van der Waals surface area contributed by atoms with E-state index >= 15 is 0 Å². The molecule has 1 unspecified atom stereocenters. The summed E-state index contributed by atoms with van der Waals surface area (Å²) in [6.45, 7) is 1.00. The first-order valence-electron chi connectivity index (χ1n) is 12.5. The molecule has 10 nitrogen and oxygen atoms in total. The zero-order chi connectivity index (χ0) is 29.5. The average Bonchev–Trinajstić information content (AvgIpc) is 3.48. The van der Waals surface area contributed by atoms with Crippen molar-refractivity contribution in [3.63, 3.8) is 0 Å². The van der Waals surface area contributed by atoms with Gasteiger partial charge in [0.25, 0.3) is 0 Å². The molecular formula is C25H26Cl2F3N6O4S+. The normalized spacial score (nSPS) is 16.3. The Kier molecular flexibility index (Phi) is 8.25. The van der Waals surface area contributed by atoms with Gasteiger partial charge in [-0.25, -0.2) is 18.4 Å². The third kappa shape index (κ3) is 6.32. The van der Waals surface area contributed by atoms with Crippen LogP contribution in [0, 0.1) is 0 Å². The number of hydrogen-bond acceptors (Lipinski definition) is 5. The molecule has 1 aliphatic heterocycles. The highest BCUT2D eigenvalue weighted by Gasteiger charge is 2.37. The molecule has 0 saturated carbocycles. The first-order chi connectivity index (χ1) is 19.3. The number of fused-ring (bicyclic) bond motifs is 3. The van der Waals surface area contributed by atoms with Gasteiger partial charge in [0, 0.05) is 34.7 Å². The van der Waals surface area contributed by atoms with Gasteiger partial charge in [-0.05, 0) is 42.3 Å². The second-order valence-corrected chi connectivity index (χ2v) is 11.8. The molecule has 41 heavy (non-hydrogen) atoms. The second-order valence-electron chi connectivity index (χ2n) is 9.63. The molecule has 0 aliphatic carbocycles. The van der Waals surface area contributed by atoms with Crippen LogP contribution in [0.4, 0.5) is 19.0 Å². The molecule has 1 atom stereocenters. The van der Waals surface area contributed by atoms with E-state index in [0.717, 1.165) is 34.3 Å². The monoisotopic (exact) mass is 633 g/mol. The van der Waals surface area contributed by atoms with Crippen molar-refractivity contribution in [2.45, 2.75) is 31.7 Å². The molecule has 3 aromatic heterocycles. The van der Waals surface area contributed by atoms with E-state index in [-0.39, 0.29) is 25.7 Å². The minimum atomic E-state index is -4.98. The molecule has 1 aromatic carbocycles. The van der Waals surface area contributed by atoms with Crippen LogP contribution in [-0.2, 0) is 36.0 Å². The minimum Gasteiger partial charge on any atom is -0.392 e. The van der Waals surface area contributed by atoms with Gasteiger partial charge in [-0.15, -0.1) is 0 Å². The van der Waals surface area contributed by atoms with Gasteiger partial charge in [0.2, 0.25) is 6.33 Å². The number of H-pyrrole nitrogens is 1. The quantitative estimate of drug-likeness (QED) is 0.190. The summed E-state index contributed by atoms with van der Waals surface area (Å²) in [5, 5.41) is 10.2. The summed E-state index contributed by atoms with van der Waals surface area (Å²) in [7, 11) is -4.98. The Balaban J connectivity index is 1.47. The van der Waals surface area contributed by atoms with Gasteiger partial charge in [0.05, 0.1) is 24.2 Å². The van der Waals surface area contributed by atoms with E-state index in [4.69, 9.17) is 23.2 Å². The van der Waals surface area contributed by atoms with Crippen molar-refractivity contribution in [1.29, 1.82) is 0 Å². The Morgan fingerprint density at radius 2 is 1.98 bits per heavy atom. The van der Waals surface area contributed by atoms with Gasteiger partial charge < -0.3 is 10.1 Å². The van der Waals surface area contributed by atoms with Crippen molar-refractivity contribution < 1.29 is 35.8 Å². The van der Waals surface area contributed by atoms with E-state index in [1.54, 1.807) is 6.07 Å². The average molecular weight is 634 g/mol. The lowest BCUT2D eigenvalue weighted by Gasteiger charge is -2.36. The molecule has 5 rings (SSSR count). The van der Waals surface area contributed by atoms with Gasteiger partial charge in [-0.2, -0.15) is 21.6 Å². The summed E-state index contributed by atoms with van der Waals surface area (Å²) in [6.07, 6.45) is 1.19. The first kappa shape index (κ1) is 29.6. The minimum absolute atomic E-state index is 0.0303. The molecule has 0 spiro atoms. The number of pyridine rings is 1. The van der Waals surface area contributed by atoms with Crippen molar-refractivity contribution >= 4 is 50.2 Å². The second kappa shape index (κ2) is 11.4. The summed E-state index contributed by atoms with van der Waals surface area (Å²) < 4.78 is 79.0. The number of aromatic nitrogens is 4. The van der Waals surface area contributed by atoms with Crippen LogP contribution >= 0.6 is 23.2 Å². The SMILES string of the molecule is O=S(=O)(O)N(CCN1CCc2c([nH]c3ccc(Cl)cc23)C1C[n+]1ccn(CCO)c1)c1ccc(Cl)c(C(F)(F)F)n1. The molecule has 1 aliphatic rings. The number of aliphatic hydroxyl groups excluding tert-OH is 1. The van der Waals surface area contributed by atoms with Gasteiger partial charge in [0.15, 0.2) is 5.69 Å². The number of aliphatic hydroxyl groups is 1. The Morgan fingerprint density at radius 1 is 1.20 bits per heavy atom. The molecule has 0 amide bonds. The highest BCUT2D eigenvalue weighted by Crippen LogP contribution is 2.37. The standard InChI is InChI=1S/C25H25Cl2F3N6O4S/c26-16-1-3-20-18(13-16)17-5-6-35(21(23(17)31-20)14-34-8-7-33(15-34)11-12-37)9-10-36(41(38,39)40)22-4-2-19(27)24(32-22)25(28,29)30/h1-4,7-8,13,15,21,31,37H,5-6,9-12,14H2/p+1. The predicted octanol–water partition coefficient (Wildman–Crippen LogP) is 3.88. The molecule has 0 radical (unpaired) electrons. The summed E-state index contributed by atoms with van der Waals surface area (Å²) >= 11 is 11.9. The van der Waals surface area contributed by atoms with Crippen LogP contribution in [0.2, 0.25) is 10.0 Å². The topological polar surface area (TPSA) is 119 Å². The third-order valence-electron chi connectivity index (χ3n) is 7.04. The zero-order valence-electron chi connectivity index (χ0n) is 21.4. The Labute approximate surface area is 243 Å². The zero-order valence-corrected chi connectivity index (χ0v) is 23.7. The van der Waals surface area contributed by atoms with E-state index < -0.39 is 33.0 Å². The van der Waals surface area contributed by atoms with E-state index in [1.165, 1.54) is 0 Å². The Hall–Kier alpha value is -2.88. The van der Waals surface area contributed by atoms with Crippen molar-refractivity contribution in [3.8, 4) is 0 Å². The number of rotatable bonds is 9. The Morgan fingerprint density at radius 3 is 2.68 bits per heavy atom. The van der Waals surface area contributed by atoms with Crippen LogP contribution in [0.3, 0.4) is 0 Å². The summed E-state index contributed by atoms with van der Waals surface area (Å²) in [5.41, 5.74) is 1.41. The fourth-order valence-corrected chi connectivity index (χ4v) is 6.23. The number of hydrogen-bond donors (Lipinski definition) is 3. The van der Waals surface area contributed by atoms with Crippen molar-refractivity contribution in [2.75, 3.05) is 30.5 Å². The molecule has 3 N–H and O–H groups in total. The van der Waals surface area contributed by atoms with Gasteiger partial charge >= 0.3 is 16.5 Å². The summed E-state index contributed by atoms with van der Waals surface area (Å²) in [6, 6.07) is 7.15. The van der Waals surface area contributed by atoms with Gasteiger partial charge in [0.1, 0.15) is 31.3 Å². The molecule has 4 heterocycles. The number of imidazole rings is 1. The van der Waals surface area contributed by atoms with Crippen molar-refractivity contribution in [3.05, 3.63) is 76.0 Å². The van der Waals surface area contributed by atoms with Crippen LogP contribution in [0.1, 0.15) is 23.0 Å². The van der Waals surface area contributed by atoms with E-state index in [0.29, 0.717) is 35.4 Å².